The zero-order chi connectivity index (χ0) is 19.3. The molecular formula is C16H10F3N3O3S. The van der Waals surface area contributed by atoms with E-state index in [0.29, 0.717) is 0 Å². The molecule has 1 amide bonds. The van der Waals surface area contributed by atoms with Crippen molar-refractivity contribution >= 4 is 29.0 Å². The number of hydrogen-bond donors (Lipinski definition) is 1. The van der Waals surface area contributed by atoms with Crippen molar-refractivity contribution in [3.8, 4) is 6.07 Å². The van der Waals surface area contributed by atoms with Crippen LogP contribution < -0.4 is 5.32 Å². The van der Waals surface area contributed by atoms with E-state index in [1.807, 2.05) is 0 Å². The summed E-state index contributed by atoms with van der Waals surface area (Å²) in [6.07, 6.45) is -4.47. The van der Waals surface area contributed by atoms with E-state index in [-0.39, 0.29) is 27.6 Å². The molecule has 0 heterocycles. The van der Waals surface area contributed by atoms with Crippen LogP contribution >= 0.6 is 11.8 Å². The number of nitrogens with one attached hydrogen (secondary N) is 1. The summed E-state index contributed by atoms with van der Waals surface area (Å²) in [5, 5.41) is 22.1. The zero-order valence-corrected chi connectivity index (χ0v) is 13.7. The first-order valence-electron chi connectivity index (χ1n) is 6.99. The van der Waals surface area contributed by atoms with E-state index >= 15 is 0 Å². The summed E-state index contributed by atoms with van der Waals surface area (Å²) < 4.78 is 38.0. The summed E-state index contributed by atoms with van der Waals surface area (Å²) in [5.74, 6) is -0.749. The third kappa shape index (κ3) is 4.97. The highest BCUT2D eigenvalue weighted by molar-refractivity contribution is 8.00. The van der Waals surface area contributed by atoms with Crippen LogP contribution in [-0.2, 0) is 11.0 Å². The summed E-state index contributed by atoms with van der Waals surface area (Å²) >= 11 is 0.896. The van der Waals surface area contributed by atoms with Crippen molar-refractivity contribution in [2.75, 3.05) is 11.1 Å². The summed E-state index contributed by atoms with van der Waals surface area (Å²) in [4.78, 5) is 22.2. The average molecular weight is 381 g/mol. The number of thioether (sulfide) groups is 1. The Labute approximate surface area is 149 Å². The van der Waals surface area contributed by atoms with Crippen LogP contribution in [0.3, 0.4) is 0 Å². The number of carbonyl (C=O) groups excluding carboxylic acids is 1. The number of non-ortho nitro benzene ring substituents is 1. The van der Waals surface area contributed by atoms with Crippen LogP contribution in [0.15, 0.2) is 47.4 Å². The number of nitro benzene ring substituents is 1. The van der Waals surface area contributed by atoms with Gasteiger partial charge in [-0.05, 0) is 24.3 Å². The maximum absolute atomic E-state index is 12.7. The Bertz CT molecular complexity index is 894. The highest BCUT2D eigenvalue weighted by Gasteiger charge is 2.30. The van der Waals surface area contributed by atoms with Gasteiger partial charge in [-0.1, -0.05) is 6.07 Å². The van der Waals surface area contributed by atoms with Gasteiger partial charge in [-0.2, -0.15) is 18.4 Å². The zero-order valence-electron chi connectivity index (χ0n) is 12.9. The van der Waals surface area contributed by atoms with Gasteiger partial charge in [0.1, 0.15) is 6.07 Å². The lowest BCUT2D eigenvalue weighted by atomic mass is 10.1. The van der Waals surface area contributed by atoms with Crippen LogP contribution in [0.4, 0.5) is 24.5 Å². The van der Waals surface area contributed by atoms with Crippen LogP contribution in [0.2, 0.25) is 0 Å². The fourth-order valence-electron chi connectivity index (χ4n) is 1.94. The second-order valence-electron chi connectivity index (χ2n) is 4.96. The lowest BCUT2D eigenvalue weighted by molar-refractivity contribution is -0.384. The first kappa shape index (κ1) is 19.3. The van der Waals surface area contributed by atoms with Crippen molar-refractivity contribution in [1.82, 2.24) is 0 Å². The number of alkyl halides is 3. The molecule has 2 aromatic carbocycles. The number of nitro groups is 1. The van der Waals surface area contributed by atoms with Gasteiger partial charge in [0.25, 0.3) is 5.69 Å². The molecule has 0 aliphatic rings. The highest BCUT2D eigenvalue weighted by atomic mass is 32.2. The van der Waals surface area contributed by atoms with Crippen LogP contribution in [0.5, 0.6) is 0 Å². The molecule has 0 saturated heterocycles. The molecule has 26 heavy (non-hydrogen) atoms. The largest absolute Gasteiger partial charge is 0.416 e. The Morgan fingerprint density at radius 2 is 2.00 bits per heavy atom. The van der Waals surface area contributed by atoms with Gasteiger partial charge in [-0.25, -0.2) is 0 Å². The fraction of sp³-hybridized carbons (Fsp3) is 0.125. The number of benzene rings is 2. The second kappa shape index (κ2) is 7.88. The predicted octanol–water partition coefficient (Wildman–Crippen LogP) is 4.22. The lowest BCUT2D eigenvalue weighted by Crippen LogP contribution is -2.15. The smallest absolute Gasteiger partial charge is 0.324 e. The molecule has 0 aromatic heterocycles. The van der Waals surface area contributed by atoms with Crippen molar-refractivity contribution in [2.24, 2.45) is 0 Å². The first-order chi connectivity index (χ1) is 12.2. The van der Waals surface area contributed by atoms with Gasteiger partial charge in [-0.3, -0.25) is 14.9 Å². The average Bonchev–Trinajstić information content (AvgIpc) is 2.59. The van der Waals surface area contributed by atoms with Gasteiger partial charge in [-0.15, -0.1) is 11.8 Å². The summed E-state index contributed by atoms with van der Waals surface area (Å²) in [6, 6.07) is 9.68. The van der Waals surface area contributed by atoms with Crippen molar-refractivity contribution in [3.63, 3.8) is 0 Å². The molecule has 2 rings (SSSR count). The van der Waals surface area contributed by atoms with Crippen molar-refractivity contribution in [1.29, 1.82) is 5.26 Å². The Kier molecular flexibility index (Phi) is 5.84. The van der Waals surface area contributed by atoms with Gasteiger partial charge in [0, 0.05) is 17.0 Å². The van der Waals surface area contributed by atoms with E-state index in [4.69, 9.17) is 5.26 Å². The summed E-state index contributed by atoms with van der Waals surface area (Å²) in [6.45, 7) is 0. The number of anilines is 1. The molecule has 2 aromatic rings. The first-order valence-corrected chi connectivity index (χ1v) is 7.97. The Morgan fingerprint density at radius 1 is 1.27 bits per heavy atom. The van der Waals surface area contributed by atoms with E-state index in [9.17, 15) is 28.1 Å². The number of rotatable bonds is 5. The van der Waals surface area contributed by atoms with E-state index in [1.165, 1.54) is 18.2 Å². The van der Waals surface area contributed by atoms with Gasteiger partial charge in [0.05, 0.1) is 27.5 Å². The predicted molar refractivity (Wildman–Crippen MR) is 88.6 cm³/mol. The Morgan fingerprint density at radius 3 is 2.62 bits per heavy atom. The normalized spacial score (nSPS) is 10.8. The van der Waals surface area contributed by atoms with E-state index < -0.39 is 22.6 Å². The minimum Gasteiger partial charge on any atom is -0.324 e. The minimum atomic E-state index is -4.47. The number of hydrogen-bond acceptors (Lipinski definition) is 5. The third-order valence-corrected chi connectivity index (χ3v) is 4.13. The van der Waals surface area contributed by atoms with Crippen molar-refractivity contribution in [3.05, 3.63) is 63.7 Å². The molecule has 0 aliphatic carbocycles. The number of halogens is 3. The standard InChI is InChI=1S/C16H10F3N3O3S/c17-16(18,19)11-2-1-3-13(7-11)26-9-15(23)21-14-5-4-12(22(24)25)6-10(14)8-20/h1-7H,9H2,(H,21,23). The molecular weight excluding hydrogens is 371 g/mol. The van der Waals surface area contributed by atoms with E-state index in [0.717, 1.165) is 36.0 Å². The number of amides is 1. The van der Waals surface area contributed by atoms with Crippen LogP contribution in [0.1, 0.15) is 11.1 Å². The van der Waals surface area contributed by atoms with Crippen molar-refractivity contribution < 1.29 is 22.9 Å². The molecule has 0 aliphatic heterocycles. The second-order valence-corrected chi connectivity index (χ2v) is 6.01. The number of nitrogens with zero attached hydrogens (tertiary/aromatic N) is 2. The van der Waals surface area contributed by atoms with Crippen LogP contribution in [0.25, 0.3) is 0 Å². The number of nitriles is 1. The quantitative estimate of drug-likeness (QED) is 0.475. The van der Waals surface area contributed by atoms with Gasteiger partial charge in [0.15, 0.2) is 0 Å². The molecule has 134 valence electrons. The van der Waals surface area contributed by atoms with E-state index in [1.54, 1.807) is 6.07 Å². The van der Waals surface area contributed by atoms with E-state index in [2.05, 4.69) is 5.32 Å². The van der Waals surface area contributed by atoms with Crippen molar-refractivity contribution in [2.45, 2.75) is 11.1 Å². The molecule has 0 atom stereocenters. The Balaban J connectivity index is 2.04. The highest BCUT2D eigenvalue weighted by Crippen LogP contribution is 2.32. The molecule has 0 radical (unpaired) electrons. The molecule has 0 bridgehead atoms. The minimum absolute atomic E-state index is 0.0865. The van der Waals surface area contributed by atoms with Gasteiger partial charge < -0.3 is 5.32 Å². The molecule has 1 N–H and O–H groups in total. The molecule has 10 heteroatoms. The number of carbonyl (C=O) groups is 1. The molecule has 0 spiro atoms. The SMILES string of the molecule is N#Cc1cc([N+](=O)[O-])ccc1NC(=O)CSc1cccc(C(F)(F)F)c1. The van der Waals surface area contributed by atoms with Crippen LogP contribution in [0, 0.1) is 21.4 Å². The maximum atomic E-state index is 12.7. The molecule has 0 fully saturated rings. The summed E-state index contributed by atoms with van der Waals surface area (Å²) in [7, 11) is 0. The summed E-state index contributed by atoms with van der Waals surface area (Å²) in [5.41, 5.74) is -1.10. The fourth-order valence-corrected chi connectivity index (χ4v) is 2.70. The monoisotopic (exact) mass is 381 g/mol. The molecule has 0 unspecified atom stereocenters. The van der Waals surface area contributed by atoms with Crippen LogP contribution in [-0.4, -0.2) is 16.6 Å². The van der Waals surface area contributed by atoms with Gasteiger partial charge in [0.2, 0.25) is 5.91 Å². The maximum Gasteiger partial charge on any atom is 0.416 e. The lowest BCUT2D eigenvalue weighted by Gasteiger charge is -2.09. The molecule has 6 nitrogen and oxygen atoms in total. The third-order valence-electron chi connectivity index (χ3n) is 3.14. The molecule has 0 saturated carbocycles. The topological polar surface area (TPSA) is 96.0 Å². The Hall–Kier alpha value is -3.06. The van der Waals surface area contributed by atoms with Gasteiger partial charge >= 0.3 is 6.18 Å².